The van der Waals surface area contributed by atoms with Crippen LogP contribution in [0.4, 0.5) is 4.79 Å². The summed E-state index contributed by atoms with van der Waals surface area (Å²) in [6, 6.07) is -0.389. The summed E-state index contributed by atoms with van der Waals surface area (Å²) in [5, 5.41) is 14.3. The Morgan fingerprint density at radius 1 is 1.47 bits per heavy atom. The lowest BCUT2D eigenvalue weighted by atomic mass is 10.1. The summed E-state index contributed by atoms with van der Waals surface area (Å²) in [6.07, 6.45) is 0.491. The van der Waals surface area contributed by atoms with Crippen molar-refractivity contribution in [1.82, 2.24) is 10.6 Å². The highest BCUT2D eigenvalue weighted by Gasteiger charge is 2.16. The summed E-state index contributed by atoms with van der Waals surface area (Å²) >= 11 is 0. The zero-order chi connectivity index (χ0) is 11.9. The first-order valence-electron chi connectivity index (χ1n) is 5.07. The molecule has 90 valence electrons. The summed E-state index contributed by atoms with van der Waals surface area (Å²) in [6.45, 7) is 6.15. The van der Waals surface area contributed by atoms with Crippen molar-refractivity contribution in [2.24, 2.45) is 0 Å². The molecule has 0 saturated carbocycles. The number of nitrogens with one attached hydrogen (secondary N) is 2. The third kappa shape index (κ3) is 8.20. The Hall–Kier alpha value is -0.810. The fourth-order valence-corrected chi connectivity index (χ4v) is 1.12. The molecule has 5 nitrogen and oxygen atoms in total. The van der Waals surface area contributed by atoms with Crippen molar-refractivity contribution in [2.75, 3.05) is 20.3 Å². The summed E-state index contributed by atoms with van der Waals surface area (Å²) < 4.78 is 4.93. The third-order valence-electron chi connectivity index (χ3n) is 1.67. The third-order valence-corrected chi connectivity index (χ3v) is 1.67. The van der Waals surface area contributed by atoms with Gasteiger partial charge in [0.2, 0.25) is 0 Å². The second kappa shape index (κ2) is 6.63. The summed E-state index contributed by atoms with van der Waals surface area (Å²) in [5.41, 5.74) is -0.263. The van der Waals surface area contributed by atoms with E-state index < -0.39 is 0 Å². The highest BCUT2D eigenvalue weighted by molar-refractivity contribution is 5.74. The van der Waals surface area contributed by atoms with Gasteiger partial charge in [0.25, 0.3) is 0 Å². The van der Waals surface area contributed by atoms with Gasteiger partial charge in [0.1, 0.15) is 0 Å². The Morgan fingerprint density at radius 2 is 2.07 bits per heavy atom. The number of aliphatic hydroxyl groups is 1. The molecular weight excluding hydrogens is 196 g/mol. The molecule has 0 rings (SSSR count). The quantitative estimate of drug-likeness (QED) is 0.628. The zero-order valence-electron chi connectivity index (χ0n) is 9.96. The topological polar surface area (TPSA) is 70.6 Å². The van der Waals surface area contributed by atoms with Crippen molar-refractivity contribution >= 4 is 6.03 Å². The molecule has 0 saturated heterocycles. The Morgan fingerprint density at radius 3 is 2.47 bits per heavy atom. The van der Waals surface area contributed by atoms with Gasteiger partial charge in [-0.25, -0.2) is 4.79 Å². The van der Waals surface area contributed by atoms with E-state index >= 15 is 0 Å². The van der Waals surface area contributed by atoms with Gasteiger partial charge >= 0.3 is 6.03 Å². The molecule has 0 fully saturated rings. The van der Waals surface area contributed by atoms with E-state index in [0.29, 0.717) is 13.0 Å². The lowest BCUT2D eigenvalue weighted by Crippen LogP contribution is -2.50. The molecule has 2 amide bonds. The van der Waals surface area contributed by atoms with Crippen LogP contribution in [0.3, 0.4) is 0 Å². The van der Waals surface area contributed by atoms with E-state index in [1.54, 1.807) is 7.11 Å². The molecule has 0 radical (unpaired) electrons. The largest absolute Gasteiger partial charge is 0.396 e. The highest BCUT2D eigenvalue weighted by Crippen LogP contribution is 1.99. The van der Waals surface area contributed by atoms with Crippen molar-refractivity contribution in [3.05, 3.63) is 0 Å². The maximum absolute atomic E-state index is 11.5. The second-order valence-electron chi connectivity index (χ2n) is 4.51. The van der Waals surface area contributed by atoms with Crippen LogP contribution in [0.5, 0.6) is 0 Å². The van der Waals surface area contributed by atoms with Gasteiger partial charge in [0.05, 0.1) is 12.6 Å². The number of amides is 2. The average Bonchev–Trinajstić information content (AvgIpc) is 2.00. The Balaban J connectivity index is 3.99. The lowest BCUT2D eigenvalue weighted by molar-refractivity contribution is 0.148. The number of hydrogen-bond donors (Lipinski definition) is 3. The van der Waals surface area contributed by atoms with Crippen LogP contribution in [0.2, 0.25) is 0 Å². The van der Waals surface area contributed by atoms with Crippen LogP contribution >= 0.6 is 0 Å². The van der Waals surface area contributed by atoms with Crippen molar-refractivity contribution < 1.29 is 14.6 Å². The highest BCUT2D eigenvalue weighted by atomic mass is 16.5. The van der Waals surface area contributed by atoms with Crippen LogP contribution in [0, 0.1) is 0 Å². The minimum Gasteiger partial charge on any atom is -0.396 e. The fourth-order valence-electron chi connectivity index (χ4n) is 1.12. The van der Waals surface area contributed by atoms with E-state index in [2.05, 4.69) is 10.6 Å². The number of carbonyl (C=O) groups is 1. The van der Waals surface area contributed by atoms with Gasteiger partial charge in [-0.15, -0.1) is 0 Å². The van der Waals surface area contributed by atoms with E-state index in [1.165, 1.54) is 0 Å². The van der Waals surface area contributed by atoms with Gasteiger partial charge in [-0.2, -0.15) is 0 Å². The number of ether oxygens (including phenoxy) is 1. The molecular formula is C10H22N2O3. The molecule has 0 aliphatic rings. The van der Waals surface area contributed by atoms with Crippen LogP contribution in [-0.2, 0) is 4.74 Å². The summed E-state index contributed by atoms with van der Waals surface area (Å²) in [5.74, 6) is 0. The number of aliphatic hydroxyl groups excluding tert-OH is 1. The molecule has 0 aliphatic carbocycles. The number of methoxy groups -OCH3 is 1. The number of hydrogen-bond acceptors (Lipinski definition) is 3. The lowest BCUT2D eigenvalue weighted by Gasteiger charge is -2.23. The van der Waals surface area contributed by atoms with Crippen LogP contribution in [0.1, 0.15) is 27.2 Å². The first-order valence-corrected chi connectivity index (χ1v) is 5.07. The van der Waals surface area contributed by atoms with E-state index in [0.717, 1.165) is 0 Å². The van der Waals surface area contributed by atoms with Crippen molar-refractivity contribution in [3.63, 3.8) is 0 Å². The smallest absolute Gasteiger partial charge is 0.315 e. The maximum atomic E-state index is 11.5. The van der Waals surface area contributed by atoms with Gasteiger partial charge in [-0.05, 0) is 27.2 Å². The van der Waals surface area contributed by atoms with Crippen LogP contribution in [0.25, 0.3) is 0 Å². The normalized spacial score (nSPS) is 13.4. The standard InChI is InChI=1S/C10H22N2O3/c1-10(2,3)12-9(14)11-8(5-6-13)7-15-4/h8,13H,5-7H2,1-4H3,(H2,11,12,14). The van der Waals surface area contributed by atoms with Crippen LogP contribution < -0.4 is 10.6 Å². The molecule has 0 bridgehead atoms. The van der Waals surface area contributed by atoms with Gasteiger partial charge in [0.15, 0.2) is 0 Å². The summed E-state index contributed by atoms with van der Waals surface area (Å²) in [4.78, 5) is 11.5. The molecule has 0 spiro atoms. The summed E-state index contributed by atoms with van der Waals surface area (Å²) in [7, 11) is 1.56. The molecule has 0 heterocycles. The Labute approximate surface area is 91.2 Å². The first-order chi connectivity index (χ1) is 6.89. The van der Waals surface area contributed by atoms with E-state index in [9.17, 15) is 4.79 Å². The van der Waals surface area contributed by atoms with Crippen molar-refractivity contribution in [3.8, 4) is 0 Å². The van der Waals surface area contributed by atoms with Crippen molar-refractivity contribution in [2.45, 2.75) is 38.8 Å². The number of urea groups is 1. The van der Waals surface area contributed by atoms with Crippen LogP contribution in [0.15, 0.2) is 0 Å². The second-order valence-corrected chi connectivity index (χ2v) is 4.51. The molecule has 0 aromatic heterocycles. The molecule has 5 heteroatoms. The van der Waals surface area contributed by atoms with Gasteiger partial charge < -0.3 is 20.5 Å². The molecule has 0 aliphatic heterocycles. The van der Waals surface area contributed by atoms with E-state index in [-0.39, 0.29) is 24.2 Å². The fraction of sp³-hybridized carbons (Fsp3) is 0.900. The van der Waals surface area contributed by atoms with E-state index in [1.807, 2.05) is 20.8 Å². The first kappa shape index (κ1) is 14.2. The minimum atomic E-state index is -0.263. The zero-order valence-corrected chi connectivity index (χ0v) is 9.96. The molecule has 3 N–H and O–H groups in total. The Bertz CT molecular complexity index is 184. The van der Waals surface area contributed by atoms with E-state index in [4.69, 9.17) is 9.84 Å². The molecule has 1 atom stereocenters. The molecule has 15 heavy (non-hydrogen) atoms. The van der Waals surface area contributed by atoms with Gasteiger partial charge in [-0.3, -0.25) is 0 Å². The number of rotatable bonds is 5. The predicted molar refractivity (Wildman–Crippen MR) is 58.8 cm³/mol. The van der Waals surface area contributed by atoms with Crippen molar-refractivity contribution in [1.29, 1.82) is 0 Å². The number of carbonyl (C=O) groups excluding carboxylic acids is 1. The SMILES string of the molecule is COCC(CCO)NC(=O)NC(C)(C)C. The maximum Gasteiger partial charge on any atom is 0.315 e. The Kier molecular flexibility index (Phi) is 6.27. The van der Waals surface area contributed by atoms with Crippen LogP contribution in [-0.4, -0.2) is 43.0 Å². The van der Waals surface area contributed by atoms with Gasteiger partial charge in [0, 0.05) is 19.3 Å². The minimum absolute atomic E-state index is 0.0316. The predicted octanol–water partition coefficient (Wildman–Crippen LogP) is 0.481. The van der Waals surface area contributed by atoms with Gasteiger partial charge in [-0.1, -0.05) is 0 Å². The molecule has 0 aromatic rings. The monoisotopic (exact) mass is 218 g/mol. The average molecular weight is 218 g/mol. The molecule has 1 unspecified atom stereocenters. The molecule has 0 aromatic carbocycles.